The van der Waals surface area contributed by atoms with Crippen LogP contribution in [0.1, 0.15) is 186 Å². The zero-order chi connectivity index (χ0) is 63.2. The molecular weight excluding hydrogens is 1190 g/mol. The van der Waals surface area contributed by atoms with Crippen molar-refractivity contribution in [1.82, 2.24) is 0 Å². The maximum absolute atomic E-state index is 16.1. The molecule has 4 aromatic carbocycles. The molecule has 4 saturated carbocycles. The Hall–Kier alpha value is -4.22. The van der Waals surface area contributed by atoms with E-state index in [0.29, 0.717) is 77.9 Å². The zero-order valence-corrected chi connectivity index (χ0v) is 54.2. The number of fused-ring (bicyclic) bond motifs is 6. The Labute approximate surface area is 530 Å². The van der Waals surface area contributed by atoms with Crippen LogP contribution in [0, 0.1) is 51.0 Å². The highest BCUT2D eigenvalue weighted by Crippen LogP contribution is 2.74. The topological polar surface area (TPSA) is 198 Å². The van der Waals surface area contributed by atoms with E-state index in [1.54, 1.807) is 76.2 Å². The molecule has 4 aliphatic heterocycles. The molecule has 7 N–H and O–H groups in total. The van der Waals surface area contributed by atoms with Crippen LogP contribution in [0.5, 0.6) is 0 Å². The first-order valence-corrected chi connectivity index (χ1v) is 32.5. The molecule has 0 bridgehead atoms. The first kappa shape index (κ1) is 65.7. The highest BCUT2D eigenvalue weighted by atomic mass is 35.5. The predicted octanol–water partition coefficient (Wildman–Crippen LogP) is 15.3. The first-order chi connectivity index (χ1) is 40.7. The van der Waals surface area contributed by atoms with Gasteiger partial charge in [-0.15, -0.1) is 0 Å². The number of ketones is 1. The summed E-state index contributed by atoms with van der Waals surface area (Å²) in [5.74, 6) is -5.77. The van der Waals surface area contributed by atoms with E-state index >= 15 is 8.78 Å². The smallest absolute Gasteiger partial charge is 0.307 e. The van der Waals surface area contributed by atoms with Crippen molar-refractivity contribution in [3.63, 3.8) is 0 Å². The molecule has 0 aromatic heterocycles. The number of Topliss-reactive ketones (excluding diaryl/α,β-unsaturated/α-hetero) is 1. The summed E-state index contributed by atoms with van der Waals surface area (Å²) >= 11 is 25.2. The Morgan fingerprint density at radius 2 is 1.02 bits per heavy atom. The molecule has 18 heteroatoms. The van der Waals surface area contributed by atoms with E-state index < -0.39 is 74.1 Å². The van der Waals surface area contributed by atoms with Crippen molar-refractivity contribution in [2.45, 2.75) is 204 Å². The van der Waals surface area contributed by atoms with Crippen LogP contribution in [-0.4, -0.2) is 81.6 Å². The fourth-order valence-electron chi connectivity index (χ4n) is 17.2. The number of aliphatic carboxylic acids is 1. The lowest BCUT2D eigenvalue weighted by Gasteiger charge is -2.51. The number of benzene rings is 4. The van der Waals surface area contributed by atoms with E-state index in [9.17, 15) is 34.5 Å². The van der Waals surface area contributed by atoms with E-state index in [-0.39, 0.29) is 74.6 Å². The largest absolute Gasteiger partial charge is 0.481 e. The van der Waals surface area contributed by atoms with Crippen LogP contribution in [0.15, 0.2) is 72.8 Å². The number of rotatable bonds is 8. The highest BCUT2D eigenvalue weighted by Gasteiger charge is 2.74. The lowest BCUT2D eigenvalue weighted by molar-refractivity contribution is -0.142. The summed E-state index contributed by atoms with van der Waals surface area (Å²) in [5.41, 5.74) is 3.89. The molecule has 87 heavy (non-hydrogen) atoms. The average molecular weight is 1280 g/mol. The number of nitrogens with one attached hydrogen (secondary N) is 2. The molecule has 1 unspecified atom stereocenters. The summed E-state index contributed by atoms with van der Waals surface area (Å²) < 4.78 is 43.0. The summed E-state index contributed by atoms with van der Waals surface area (Å²) in [7, 11) is 0. The number of hydrogen-bond donors (Lipinski definition) is 6. The maximum atomic E-state index is 16.1. The number of hydrogen-bond acceptors (Lipinski definition) is 9. The number of carbonyl (C=O) groups is 4. The molecule has 0 radical (unpaired) electrons. The quantitative estimate of drug-likeness (QED) is 0.0987. The Morgan fingerprint density at radius 1 is 0.609 bits per heavy atom. The zero-order valence-electron chi connectivity index (χ0n) is 51.2. The fourth-order valence-corrected chi connectivity index (χ4v) is 17.9. The number of carboxylic acids is 1. The molecule has 4 aliphatic carbocycles. The SMILES string of the molecule is CC(C)(O)[C@@H]1CC[C@@H](N)CO1.CC1(C)CCC2(CC1)C[C@@H](C(=O)C[C@@H]1CC[C@@H](C(C)(C)O)OC1)[C@H](c1cccc(Cl)c1F)[C@]21C(=O)Nc2cc(Cl)ccc21.CC1(C)CCC2(CC1)C[C@@H](C(=O)O)[C@H](c1cccc(Cl)c1F)C21C(=O)Nc2cc(Cl)ccc21. The summed E-state index contributed by atoms with van der Waals surface area (Å²) in [6.45, 7) is 16.9. The number of carbonyl (C=O) groups excluding carboxylic acids is 3. The van der Waals surface area contributed by atoms with Gasteiger partial charge in [0.15, 0.2) is 0 Å². The van der Waals surface area contributed by atoms with Crippen molar-refractivity contribution in [3.05, 3.63) is 127 Å². The molecule has 2 amide bonds. The Bertz CT molecular complexity index is 3290. The third-order valence-electron chi connectivity index (χ3n) is 21.9. The highest BCUT2D eigenvalue weighted by molar-refractivity contribution is 6.32. The molecule has 10 atom stereocenters. The average Bonchev–Trinajstić information content (AvgIpc) is 1.53. The van der Waals surface area contributed by atoms with E-state index in [4.69, 9.17) is 61.6 Å². The summed E-state index contributed by atoms with van der Waals surface area (Å²) in [6, 6.07) is 20.4. The van der Waals surface area contributed by atoms with Gasteiger partial charge in [0.1, 0.15) is 17.4 Å². The number of aliphatic hydroxyl groups is 2. The van der Waals surface area contributed by atoms with Gasteiger partial charge in [0.2, 0.25) is 11.8 Å². The van der Waals surface area contributed by atoms with E-state index in [0.717, 1.165) is 63.4 Å². The Kier molecular flexibility index (Phi) is 18.2. The van der Waals surface area contributed by atoms with E-state index in [1.165, 1.54) is 12.1 Å². The van der Waals surface area contributed by atoms with Gasteiger partial charge in [0.25, 0.3) is 0 Å². The minimum atomic E-state index is -1.22. The summed E-state index contributed by atoms with van der Waals surface area (Å²) in [4.78, 5) is 55.8. The van der Waals surface area contributed by atoms with Crippen LogP contribution in [0.2, 0.25) is 20.1 Å². The van der Waals surface area contributed by atoms with Gasteiger partial charge < -0.3 is 41.2 Å². The minimum Gasteiger partial charge on any atom is -0.481 e. The van der Waals surface area contributed by atoms with Gasteiger partial charge in [0, 0.05) is 51.6 Å². The summed E-state index contributed by atoms with van der Waals surface area (Å²) in [6.07, 6.45) is 10.5. The predicted molar refractivity (Wildman–Crippen MR) is 337 cm³/mol. The van der Waals surface area contributed by atoms with Crippen LogP contribution >= 0.6 is 46.4 Å². The van der Waals surface area contributed by atoms with Crippen molar-refractivity contribution in [2.75, 3.05) is 23.8 Å². The van der Waals surface area contributed by atoms with Gasteiger partial charge in [0.05, 0.1) is 63.4 Å². The van der Waals surface area contributed by atoms with Gasteiger partial charge >= 0.3 is 5.97 Å². The number of halogens is 6. The fraction of sp³-hybridized carbons (Fsp3) is 0.594. The lowest BCUT2D eigenvalue weighted by atomic mass is 9.51. The van der Waals surface area contributed by atoms with Gasteiger partial charge in [-0.3, -0.25) is 19.2 Å². The van der Waals surface area contributed by atoms with E-state index in [2.05, 4.69) is 38.3 Å². The second kappa shape index (κ2) is 24.1. The second-order valence-corrected chi connectivity index (χ2v) is 31.1. The van der Waals surface area contributed by atoms with Gasteiger partial charge in [-0.2, -0.15) is 0 Å². The second-order valence-electron chi connectivity index (χ2n) is 29.4. The lowest BCUT2D eigenvalue weighted by Crippen LogP contribution is -2.52. The number of anilines is 2. The monoisotopic (exact) mass is 1280 g/mol. The number of nitrogens with two attached hydrogens (primary N) is 1. The van der Waals surface area contributed by atoms with Crippen LogP contribution in [-0.2, 0) is 39.5 Å². The van der Waals surface area contributed by atoms with Crippen molar-refractivity contribution in [1.29, 1.82) is 0 Å². The van der Waals surface area contributed by atoms with Gasteiger partial charge in [-0.1, -0.05) is 110 Å². The summed E-state index contributed by atoms with van der Waals surface area (Å²) in [5, 5.41) is 37.3. The molecule has 4 spiro atoms. The van der Waals surface area contributed by atoms with Crippen LogP contribution < -0.4 is 16.4 Å². The van der Waals surface area contributed by atoms with Crippen molar-refractivity contribution in [3.8, 4) is 0 Å². The first-order valence-electron chi connectivity index (χ1n) is 31.0. The molecule has 8 aliphatic rings. The Morgan fingerprint density at radius 3 is 1.41 bits per heavy atom. The molecule has 2 saturated heterocycles. The number of amides is 2. The Balaban J connectivity index is 0.000000168. The van der Waals surface area contributed by atoms with Crippen LogP contribution in [0.25, 0.3) is 0 Å². The van der Waals surface area contributed by atoms with E-state index in [1.807, 2.05) is 12.1 Å². The van der Waals surface area contributed by atoms with Crippen LogP contribution in [0.3, 0.4) is 0 Å². The molecule has 12 rings (SSSR count). The standard InChI is InChI=1S/C35H42Cl2FNO4.C26H26Cl2FNO3.C8H17NO2/c1-32(2)12-14-34(15-13-32)18-23(27(40)16-20-8-11-28(43-19-20)33(3,4)42)29(22-6-5-7-25(37)30(22)38)35(34)24-10-9-21(36)17-26(24)39-31(35)41;1-24(2)8-10-25(11-9-24)13-16(22(31)32)20(15-4-3-5-18(28)21(15)29)26(25)17-7-6-14(27)12-19(17)30-23(26)33;1-8(2,10)7-4-3-6(9)5-11-7/h5-7,9-10,17,20,23,28-29,42H,8,11-16,18-19H2,1-4H3,(H,39,41);3-7,12,16,20H,8-11,13H2,1-2H3,(H,30,33)(H,31,32);6-7,10H,3-5,9H2,1-2H3/t20-,23-,28-,29-,35+;16-,20+,26?;6-,7+/m011/s1. The third kappa shape index (κ3) is 11.8. The third-order valence-corrected chi connectivity index (χ3v) is 22.9. The molecule has 472 valence electrons. The molecule has 12 nitrogen and oxygen atoms in total. The van der Waals surface area contributed by atoms with Gasteiger partial charge in [-0.25, -0.2) is 8.78 Å². The normalized spacial score (nSPS) is 30.9. The van der Waals surface area contributed by atoms with Crippen molar-refractivity contribution < 1.29 is 52.8 Å². The molecule has 4 heterocycles. The van der Waals surface area contributed by atoms with Crippen molar-refractivity contribution >= 4 is 81.3 Å². The number of carboxylic acid groups (broad SMARTS) is 1. The van der Waals surface area contributed by atoms with Crippen molar-refractivity contribution in [2.24, 2.45) is 45.1 Å². The van der Waals surface area contributed by atoms with Crippen LogP contribution in [0.4, 0.5) is 20.2 Å². The van der Waals surface area contributed by atoms with Gasteiger partial charge in [-0.05, 0) is 204 Å². The molecular formula is C69H85Cl4F2N3O9. The molecule has 4 aromatic rings. The maximum Gasteiger partial charge on any atom is 0.307 e. The number of ether oxygens (including phenoxy) is 2. The molecule has 6 fully saturated rings. The minimum absolute atomic E-state index is 0.00255.